The summed E-state index contributed by atoms with van der Waals surface area (Å²) in [6.45, 7) is 3.23. The Morgan fingerprint density at radius 2 is 1.85 bits per heavy atom. The van der Waals surface area contributed by atoms with Gasteiger partial charge in [0.15, 0.2) is 11.5 Å². The molecule has 0 spiro atoms. The highest BCUT2D eigenvalue weighted by atomic mass is 19.4. The average molecular weight is 476 g/mol. The SMILES string of the molecule is COc1ccccc1CN1C(=O)[C@@](NC(=O)c2ccco2)(C(F)(F)F)C2=C1CC(C)(C)CC2=O. The number of allylic oxidation sites excluding steroid dienone is 1. The fourth-order valence-corrected chi connectivity index (χ4v) is 4.64. The summed E-state index contributed by atoms with van der Waals surface area (Å²) in [5.74, 6) is -3.56. The van der Waals surface area contributed by atoms with Crippen LogP contribution in [0.1, 0.15) is 42.8 Å². The second-order valence-corrected chi connectivity index (χ2v) is 9.14. The molecular weight excluding hydrogens is 453 g/mol. The van der Waals surface area contributed by atoms with Crippen LogP contribution >= 0.6 is 0 Å². The van der Waals surface area contributed by atoms with Gasteiger partial charge in [-0.15, -0.1) is 0 Å². The van der Waals surface area contributed by atoms with Gasteiger partial charge < -0.3 is 19.4 Å². The number of ether oxygens (including phenoxy) is 1. The molecule has 2 aromatic rings. The standard InChI is InChI=1S/C24H23F3N2O5/c1-22(2)11-15-19(16(30)12-22)23(24(25,26)27,28-20(31)18-9-6-10-34-18)21(32)29(15)13-14-7-4-5-8-17(14)33-3/h4-10H,11-13H2,1-3H3,(H,28,31)/t23-/m1/s1. The summed E-state index contributed by atoms with van der Waals surface area (Å²) in [6, 6.07) is 9.11. The summed E-state index contributed by atoms with van der Waals surface area (Å²) < 4.78 is 54.5. The van der Waals surface area contributed by atoms with Gasteiger partial charge >= 0.3 is 6.18 Å². The first-order valence-electron chi connectivity index (χ1n) is 10.5. The summed E-state index contributed by atoms with van der Waals surface area (Å²) in [6.07, 6.45) is -4.32. The second-order valence-electron chi connectivity index (χ2n) is 9.14. The molecule has 0 bridgehead atoms. The van der Waals surface area contributed by atoms with Gasteiger partial charge in [0, 0.05) is 17.7 Å². The van der Waals surface area contributed by atoms with Crippen molar-refractivity contribution in [3.63, 3.8) is 0 Å². The molecule has 0 saturated carbocycles. The Morgan fingerprint density at radius 3 is 2.47 bits per heavy atom. The lowest BCUT2D eigenvalue weighted by Gasteiger charge is -2.35. The molecular formula is C24H23F3N2O5. The Hall–Kier alpha value is -3.56. The zero-order chi connectivity index (χ0) is 24.9. The molecule has 0 fully saturated rings. The van der Waals surface area contributed by atoms with Crippen LogP contribution in [0.15, 0.2) is 58.3 Å². The van der Waals surface area contributed by atoms with Crippen LogP contribution < -0.4 is 10.1 Å². The third-order valence-corrected chi connectivity index (χ3v) is 6.11. The molecule has 1 aliphatic carbocycles. The smallest absolute Gasteiger partial charge is 0.425 e. The molecule has 0 saturated heterocycles. The number of alkyl halides is 3. The fourth-order valence-electron chi connectivity index (χ4n) is 4.64. The molecule has 10 heteroatoms. The van der Waals surface area contributed by atoms with Crippen molar-refractivity contribution in [1.82, 2.24) is 10.2 Å². The molecule has 0 unspecified atom stereocenters. The molecule has 1 aromatic heterocycles. The molecule has 2 amide bonds. The van der Waals surface area contributed by atoms with Gasteiger partial charge in [0.25, 0.3) is 11.8 Å². The molecule has 2 aliphatic rings. The monoisotopic (exact) mass is 476 g/mol. The van der Waals surface area contributed by atoms with E-state index in [1.54, 1.807) is 38.1 Å². The minimum atomic E-state index is -5.29. The van der Waals surface area contributed by atoms with E-state index in [-0.39, 0.29) is 25.1 Å². The van der Waals surface area contributed by atoms with E-state index in [2.05, 4.69) is 0 Å². The fraction of sp³-hybridized carbons (Fsp3) is 0.375. The van der Waals surface area contributed by atoms with Crippen LogP contribution in [0.5, 0.6) is 5.75 Å². The Kier molecular flexibility index (Phi) is 5.58. The van der Waals surface area contributed by atoms with Gasteiger partial charge in [0.2, 0.25) is 5.54 Å². The predicted molar refractivity (Wildman–Crippen MR) is 114 cm³/mol. The molecule has 1 aliphatic heterocycles. The third-order valence-electron chi connectivity index (χ3n) is 6.11. The first kappa shape index (κ1) is 23.6. The van der Waals surface area contributed by atoms with Crippen LogP contribution in [-0.2, 0) is 16.1 Å². The summed E-state index contributed by atoms with van der Waals surface area (Å²) in [4.78, 5) is 40.4. The summed E-state index contributed by atoms with van der Waals surface area (Å²) in [7, 11) is 1.41. The second kappa shape index (κ2) is 8.03. The van der Waals surface area contributed by atoms with Crippen molar-refractivity contribution in [2.45, 2.75) is 44.9 Å². The van der Waals surface area contributed by atoms with Crippen molar-refractivity contribution in [1.29, 1.82) is 0 Å². The van der Waals surface area contributed by atoms with Crippen molar-refractivity contribution in [2.75, 3.05) is 7.11 Å². The van der Waals surface area contributed by atoms with Crippen molar-refractivity contribution in [3.8, 4) is 5.75 Å². The van der Waals surface area contributed by atoms with Crippen molar-refractivity contribution < 1.29 is 36.7 Å². The average Bonchev–Trinajstić information content (AvgIpc) is 3.35. The van der Waals surface area contributed by atoms with E-state index in [0.29, 0.717) is 11.3 Å². The van der Waals surface area contributed by atoms with Crippen molar-refractivity contribution >= 4 is 17.6 Å². The molecule has 7 nitrogen and oxygen atoms in total. The molecule has 1 atom stereocenters. The Labute approximate surface area is 193 Å². The molecule has 180 valence electrons. The van der Waals surface area contributed by atoms with Gasteiger partial charge in [0.05, 0.1) is 25.5 Å². The quantitative estimate of drug-likeness (QED) is 0.705. The van der Waals surface area contributed by atoms with Crippen LogP contribution in [-0.4, -0.2) is 41.3 Å². The number of halogens is 3. The van der Waals surface area contributed by atoms with E-state index in [1.807, 2.05) is 5.32 Å². The number of nitrogens with zero attached hydrogens (tertiary/aromatic N) is 1. The number of benzene rings is 1. The number of ketones is 1. The van der Waals surface area contributed by atoms with Crippen molar-refractivity contribution in [2.24, 2.45) is 5.41 Å². The van der Waals surface area contributed by atoms with Crippen LogP contribution in [0, 0.1) is 5.41 Å². The number of nitrogens with one attached hydrogen (secondary N) is 1. The van der Waals surface area contributed by atoms with E-state index < -0.39 is 46.1 Å². The molecule has 34 heavy (non-hydrogen) atoms. The number of para-hydroxylation sites is 1. The van der Waals surface area contributed by atoms with Crippen LogP contribution in [0.4, 0.5) is 13.2 Å². The number of rotatable bonds is 5. The number of hydrogen-bond donors (Lipinski definition) is 1. The summed E-state index contributed by atoms with van der Waals surface area (Å²) >= 11 is 0. The highest BCUT2D eigenvalue weighted by Crippen LogP contribution is 2.52. The Bertz CT molecular complexity index is 1180. The zero-order valence-corrected chi connectivity index (χ0v) is 18.8. The summed E-state index contributed by atoms with van der Waals surface area (Å²) in [5.41, 5.74) is -4.53. The minimum Gasteiger partial charge on any atom is -0.496 e. The number of carbonyl (C=O) groups excluding carboxylic acids is 3. The van der Waals surface area contributed by atoms with E-state index in [9.17, 15) is 27.6 Å². The maximum atomic E-state index is 14.8. The number of methoxy groups -OCH3 is 1. The molecule has 1 N–H and O–H groups in total. The number of furan rings is 1. The van der Waals surface area contributed by atoms with E-state index in [4.69, 9.17) is 9.15 Å². The largest absolute Gasteiger partial charge is 0.496 e. The maximum absolute atomic E-state index is 14.8. The topological polar surface area (TPSA) is 88.8 Å². The highest BCUT2D eigenvalue weighted by Gasteiger charge is 2.71. The van der Waals surface area contributed by atoms with E-state index >= 15 is 0 Å². The maximum Gasteiger partial charge on any atom is 0.425 e. The number of carbonyl (C=O) groups is 3. The zero-order valence-electron chi connectivity index (χ0n) is 18.8. The number of Topliss-reactive ketones (excluding diaryl/α,β-unsaturated/α-hetero) is 1. The van der Waals surface area contributed by atoms with Gasteiger partial charge in [0.1, 0.15) is 5.75 Å². The van der Waals surface area contributed by atoms with Gasteiger partial charge in [-0.1, -0.05) is 32.0 Å². The van der Waals surface area contributed by atoms with Gasteiger partial charge in [-0.25, -0.2) is 0 Å². The first-order chi connectivity index (χ1) is 15.9. The highest BCUT2D eigenvalue weighted by molar-refractivity contribution is 6.14. The Morgan fingerprint density at radius 1 is 1.15 bits per heavy atom. The molecule has 1 aromatic carbocycles. The van der Waals surface area contributed by atoms with E-state index in [0.717, 1.165) is 11.2 Å². The molecule has 0 radical (unpaired) electrons. The van der Waals surface area contributed by atoms with Crippen LogP contribution in [0.25, 0.3) is 0 Å². The lowest BCUT2D eigenvalue weighted by atomic mass is 9.72. The van der Waals surface area contributed by atoms with Gasteiger partial charge in [-0.05, 0) is 30.0 Å². The molecule has 4 rings (SSSR count). The predicted octanol–water partition coefficient (Wildman–Crippen LogP) is 4.00. The van der Waals surface area contributed by atoms with Crippen LogP contribution in [0.2, 0.25) is 0 Å². The molecule has 2 heterocycles. The van der Waals surface area contributed by atoms with Gasteiger partial charge in [-0.2, -0.15) is 13.2 Å². The lowest BCUT2D eigenvalue weighted by molar-refractivity contribution is -0.191. The number of amides is 2. The van der Waals surface area contributed by atoms with Crippen LogP contribution in [0.3, 0.4) is 0 Å². The van der Waals surface area contributed by atoms with Crippen molar-refractivity contribution in [3.05, 3.63) is 65.3 Å². The van der Waals surface area contributed by atoms with Gasteiger partial charge in [-0.3, -0.25) is 14.4 Å². The first-order valence-corrected chi connectivity index (χ1v) is 10.5. The minimum absolute atomic E-state index is 0.0451. The summed E-state index contributed by atoms with van der Waals surface area (Å²) in [5, 5.41) is 1.83. The third kappa shape index (κ3) is 3.66. The Balaban J connectivity index is 1.89. The van der Waals surface area contributed by atoms with E-state index in [1.165, 1.54) is 19.2 Å². The lowest BCUT2D eigenvalue weighted by Crippen LogP contribution is -2.66. The normalized spacial score (nSPS) is 22.1. The number of hydrogen-bond acceptors (Lipinski definition) is 5.